The zero-order valence-corrected chi connectivity index (χ0v) is 16.6. The van der Waals surface area contributed by atoms with Gasteiger partial charge in [0, 0.05) is 5.57 Å². The van der Waals surface area contributed by atoms with Crippen LogP contribution in [0.15, 0.2) is 78.9 Å². The molecule has 2 amide bonds. The van der Waals surface area contributed by atoms with Crippen molar-refractivity contribution in [3.63, 3.8) is 0 Å². The van der Waals surface area contributed by atoms with Crippen LogP contribution < -0.4 is 10.6 Å². The number of rotatable bonds is 3. The Morgan fingerprint density at radius 1 is 0.844 bits per heavy atom. The highest BCUT2D eigenvalue weighted by molar-refractivity contribution is 6.02. The van der Waals surface area contributed by atoms with Crippen molar-refractivity contribution in [2.24, 2.45) is 0 Å². The zero-order valence-electron chi connectivity index (χ0n) is 16.6. The number of nitrogens with one attached hydrogen (secondary N) is 3. The summed E-state index contributed by atoms with van der Waals surface area (Å²) in [5, 5.41) is 5.44. The van der Waals surface area contributed by atoms with Gasteiger partial charge in [-0.15, -0.1) is 0 Å². The van der Waals surface area contributed by atoms with Gasteiger partial charge in [0.1, 0.15) is 5.82 Å². The predicted octanol–water partition coefficient (Wildman–Crippen LogP) is 5.50. The topological polar surface area (TPSA) is 69.8 Å². The fourth-order valence-electron chi connectivity index (χ4n) is 3.97. The number of amides is 2. The predicted molar refractivity (Wildman–Crippen MR) is 115 cm³/mol. The second-order valence-corrected chi connectivity index (χ2v) is 7.37. The monoisotopic (exact) mass is 434 g/mol. The van der Waals surface area contributed by atoms with Crippen LogP contribution >= 0.6 is 0 Å². The highest BCUT2D eigenvalue weighted by atomic mass is 19.4. The minimum atomic E-state index is -4.59. The molecule has 5 rings (SSSR count). The van der Waals surface area contributed by atoms with Crippen molar-refractivity contribution in [2.75, 3.05) is 0 Å². The number of carbonyl (C=O) groups is 1. The zero-order chi connectivity index (χ0) is 22.3. The first-order valence-electron chi connectivity index (χ1n) is 9.90. The number of alkyl halides is 3. The van der Waals surface area contributed by atoms with E-state index in [2.05, 4.69) is 20.6 Å². The molecule has 4 aromatic rings. The molecule has 0 saturated heterocycles. The molecule has 1 aliphatic rings. The van der Waals surface area contributed by atoms with E-state index in [1.165, 1.54) is 18.2 Å². The second-order valence-electron chi connectivity index (χ2n) is 7.37. The molecule has 3 N–H and O–H groups in total. The fraction of sp³-hybridized carbons (Fsp3) is 0.0833. The third-order valence-electron chi connectivity index (χ3n) is 5.36. The Kier molecular flexibility index (Phi) is 4.70. The lowest BCUT2D eigenvalue weighted by Gasteiger charge is -2.31. The van der Waals surface area contributed by atoms with E-state index < -0.39 is 23.8 Å². The number of para-hydroxylation sites is 2. The maximum atomic E-state index is 13.8. The van der Waals surface area contributed by atoms with Crippen molar-refractivity contribution in [2.45, 2.75) is 12.2 Å². The summed E-state index contributed by atoms with van der Waals surface area (Å²) in [6.45, 7) is 0. The number of hydrogen-bond acceptors (Lipinski definition) is 2. The summed E-state index contributed by atoms with van der Waals surface area (Å²) >= 11 is 0. The second kappa shape index (κ2) is 7.56. The standard InChI is InChI=1S/C24H17F3N4O/c25-24(26,27)16-11-5-4-10-15(16)21-19(22-28-17-12-6-7-13-18(17)29-22)20(30-23(32)31-21)14-8-2-1-3-9-14/h1-13,21H,(H,28,29)(H2,30,31,32)/t21-/m1/s1. The van der Waals surface area contributed by atoms with Gasteiger partial charge >= 0.3 is 12.2 Å². The lowest BCUT2D eigenvalue weighted by atomic mass is 9.89. The number of hydrogen-bond donors (Lipinski definition) is 3. The lowest BCUT2D eigenvalue weighted by molar-refractivity contribution is -0.138. The quantitative estimate of drug-likeness (QED) is 0.398. The Balaban J connectivity index is 1.80. The van der Waals surface area contributed by atoms with Gasteiger partial charge in [0.25, 0.3) is 0 Å². The molecule has 32 heavy (non-hydrogen) atoms. The molecule has 3 aromatic carbocycles. The highest BCUT2D eigenvalue weighted by Gasteiger charge is 2.39. The maximum Gasteiger partial charge on any atom is 0.416 e. The summed E-state index contributed by atoms with van der Waals surface area (Å²) in [7, 11) is 0. The molecule has 2 heterocycles. The van der Waals surface area contributed by atoms with E-state index in [0.29, 0.717) is 28.2 Å². The van der Waals surface area contributed by atoms with Crippen LogP contribution in [0.4, 0.5) is 18.0 Å². The number of nitrogens with zero attached hydrogens (tertiary/aromatic N) is 1. The fourth-order valence-corrected chi connectivity index (χ4v) is 3.97. The van der Waals surface area contributed by atoms with Gasteiger partial charge in [0.15, 0.2) is 0 Å². The van der Waals surface area contributed by atoms with Crippen molar-refractivity contribution >= 4 is 28.3 Å². The van der Waals surface area contributed by atoms with E-state index in [4.69, 9.17) is 0 Å². The molecule has 0 saturated carbocycles. The molecule has 8 heteroatoms. The Morgan fingerprint density at radius 3 is 2.28 bits per heavy atom. The van der Waals surface area contributed by atoms with Gasteiger partial charge in [-0.2, -0.15) is 13.2 Å². The van der Waals surface area contributed by atoms with Crippen LogP contribution in [0.5, 0.6) is 0 Å². The molecular formula is C24H17F3N4O. The first kappa shape index (κ1) is 19.9. The van der Waals surface area contributed by atoms with Crippen molar-refractivity contribution in [1.82, 2.24) is 20.6 Å². The summed E-state index contributed by atoms with van der Waals surface area (Å²) in [6, 6.07) is 19.9. The number of fused-ring (bicyclic) bond motifs is 1. The number of imidazole rings is 1. The van der Waals surface area contributed by atoms with E-state index >= 15 is 0 Å². The number of urea groups is 1. The van der Waals surface area contributed by atoms with Crippen LogP contribution in [0.1, 0.15) is 28.6 Å². The molecule has 1 aromatic heterocycles. The molecule has 5 nitrogen and oxygen atoms in total. The van der Waals surface area contributed by atoms with Crippen LogP contribution in [0.25, 0.3) is 22.3 Å². The van der Waals surface area contributed by atoms with Crippen molar-refractivity contribution in [3.05, 3.63) is 101 Å². The average molecular weight is 434 g/mol. The molecule has 0 bridgehead atoms. The van der Waals surface area contributed by atoms with Gasteiger partial charge in [-0.05, 0) is 29.3 Å². The molecule has 0 aliphatic carbocycles. The SMILES string of the molecule is O=C1NC(c2ccccc2)=C(c2nc3ccccc3[nH]2)[C@@H](c2ccccc2C(F)(F)F)N1. The molecule has 0 unspecified atom stereocenters. The first-order valence-corrected chi connectivity index (χ1v) is 9.90. The molecule has 1 atom stereocenters. The van der Waals surface area contributed by atoms with Crippen molar-refractivity contribution in [1.29, 1.82) is 0 Å². The molecule has 1 aliphatic heterocycles. The third-order valence-corrected chi connectivity index (χ3v) is 5.36. The summed E-state index contributed by atoms with van der Waals surface area (Å²) < 4.78 is 41.5. The Bertz CT molecular complexity index is 1310. The van der Waals surface area contributed by atoms with Crippen LogP contribution in [-0.4, -0.2) is 16.0 Å². The van der Waals surface area contributed by atoms with Gasteiger partial charge in [-0.3, -0.25) is 0 Å². The maximum absolute atomic E-state index is 13.8. The van der Waals surface area contributed by atoms with E-state index in [1.54, 1.807) is 24.3 Å². The van der Waals surface area contributed by atoms with E-state index in [9.17, 15) is 18.0 Å². The third kappa shape index (κ3) is 3.49. The molecule has 0 radical (unpaired) electrons. The molecule has 160 valence electrons. The van der Waals surface area contributed by atoms with Crippen LogP contribution in [-0.2, 0) is 6.18 Å². The highest BCUT2D eigenvalue weighted by Crippen LogP contribution is 2.42. The lowest BCUT2D eigenvalue weighted by Crippen LogP contribution is -2.43. The molecule has 0 spiro atoms. The summed E-state index contributed by atoms with van der Waals surface area (Å²) in [6.07, 6.45) is -4.59. The van der Waals surface area contributed by atoms with Crippen LogP contribution in [0, 0.1) is 0 Å². The summed E-state index contributed by atoms with van der Waals surface area (Å²) in [5.74, 6) is 0.375. The van der Waals surface area contributed by atoms with Crippen molar-refractivity contribution < 1.29 is 18.0 Å². The van der Waals surface area contributed by atoms with Gasteiger partial charge in [0.2, 0.25) is 0 Å². The Labute approximate surface area is 181 Å². The van der Waals surface area contributed by atoms with Gasteiger partial charge in [0.05, 0.1) is 28.3 Å². The first-order chi connectivity index (χ1) is 15.4. The minimum Gasteiger partial charge on any atom is -0.338 e. The number of H-pyrrole nitrogens is 1. The van der Waals surface area contributed by atoms with Crippen molar-refractivity contribution in [3.8, 4) is 0 Å². The summed E-state index contributed by atoms with van der Waals surface area (Å²) in [4.78, 5) is 20.4. The van der Waals surface area contributed by atoms with Crippen LogP contribution in [0.2, 0.25) is 0 Å². The van der Waals surface area contributed by atoms with Gasteiger partial charge < -0.3 is 15.6 Å². The summed E-state index contributed by atoms with van der Waals surface area (Å²) in [5.41, 5.74) is 2.02. The minimum absolute atomic E-state index is 0.0567. The number of aromatic amines is 1. The molecule has 0 fully saturated rings. The Morgan fingerprint density at radius 2 is 1.53 bits per heavy atom. The van der Waals surface area contributed by atoms with Gasteiger partial charge in [-0.1, -0.05) is 60.7 Å². The van der Waals surface area contributed by atoms with E-state index in [1.807, 2.05) is 30.3 Å². The number of halogens is 3. The van der Waals surface area contributed by atoms with Gasteiger partial charge in [-0.25, -0.2) is 9.78 Å². The largest absolute Gasteiger partial charge is 0.416 e. The Hall–Kier alpha value is -4.07. The van der Waals surface area contributed by atoms with E-state index in [0.717, 1.165) is 11.6 Å². The number of benzene rings is 3. The smallest absolute Gasteiger partial charge is 0.338 e. The van der Waals surface area contributed by atoms with E-state index in [-0.39, 0.29) is 5.56 Å². The number of carbonyl (C=O) groups excluding carboxylic acids is 1. The normalized spacial score (nSPS) is 16.7. The average Bonchev–Trinajstić information content (AvgIpc) is 3.22. The van der Waals surface area contributed by atoms with Crippen LogP contribution in [0.3, 0.4) is 0 Å². The number of aromatic nitrogens is 2. The molecular weight excluding hydrogens is 417 g/mol.